The van der Waals surface area contributed by atoms with Crippen LogP contribution in [0.1, 0.15) is 51.4 Å². The predicted molar refractivity (Wildman–Crippen MR) is 155 cm³/mol. The van der Waals surface area contributed by atoms with E-state index >= 15 is 0 Å². The number of hydrogen-bond donors (Lipinski definition) is 2. The standard InChI is InChI=1S/C29H32N2O6S2/c1-5-37-29(34)25-20-13-12-17(2)14-23(20)39-28(25)31-24(32)16-38-19-9-6-8-18(15-19)30-27(33)26-21(35-3)10-7-11-22(26)36-4/h6-11,15,17H,5,12-14,16H2,1-4H3,(H,30,33)(H,31,32). The summed E-state index contributed by atoms with van der Waals surface area (Å²) < 4.78 is 16.0. The minimum atomic E-state index is -0.386. The lowest BCUT2D eigenvalue weighted by Crippen LogP contribution is -2.17. The number of fused-ring (bicyclic) bond motifs is 1. The van der Waals surface area contributed by atoms with E-state index in [4.69, 9.17) is 14.2 Å². The molecule has 1 aliphatic carbocycles. The first-order valence-corrected chi connectivity index (χ1v) is 14.5. The Kier molecular flexibility index (Phi) is 9.53. The van der Waals surface area contributed by atoms with E-state index in [0.717, 1.165) is 34.6 Å². The van der Waals surface area contributed by atoms with Crippen LogP contribution in [0.15, 0.2) is 47.4 Å². The van der Waals surface area contributed by atoms with Gasteiger partial charge in [-0.3, -0.25) is 9.59 Å². The summed E-state index contributed by atoms with van der Waals surface area (Å²) in [6.45, 7) is 4.25. The second-order valence-corrected chi connectivity index (χ2v) is 11.3. The van der Waals surface area contributed by atoms with Gasteiger partial charge < -0.3 is 24.8 Å². The average Bonchev–Trinajstić information content (AvgIpc) is 3.28. The van der Waals surface area contributed by atoms with Gasteiger partial charge >= 0.3 is 5.97 Å². The molecule has 8 nitrogen and oxygen atoms in total. The monoisotopic (exact) mass is 568 g/mol. The molecule has 2 amide bonds. The molecule has 39 heavy (non-hydrogen) atoms. The van der Waals surface area contributed by atoms with Gasteiger partial charge in [0.2, 0.25) is 5.91 Å². The number of thiophene rings is 1. The number of hydrogen-bond acceptors (Lipinski definition) is 8. The summed E-state index contributed by atoms with van der Waals surface area (Å²) in [6, 6.07) is 12.4. The molecule has 0 aliphatic heterocycles. The van der Waals surface area contributed by atoms with Gasteiger partial charge in [0.25, 0.3) is 5.91 Å². The Labute approximate surface area is 236 Å². The summed E-state index contributed by atoms with van der Waals surface area (Å²) in [4.78, 5) is 40.6. The third-order valence-electron chi connectivity index (χ3n) is 6.36. The van der Waals surface area contributed by atoms with Crippen molar-refractivity contribution in [3.8, 4) is 11.5 Å². The third kappa shape index (κ3) is 6.75. The van der Waals surface area contributed by atoms with Crippen LogP contribution in [0.2, 0.25) is 0 Å². The number of esters is 1. The van der Waals surface area contributed by atoms with Gasteiger partial charge in [0, 0.05) is 15.5 Å². The highest BCUT2D eigenvalue weighted by atomic mass is 32.2. The molecule has 1 aromatic heterocycles. The van der Waals surface area contributed by atoms with E-state index in [9.17, 15) is 14.4 Å². The molecule has 0 saturated carbocycles. The number of amides is 2. The minimum absolute atomic E-state index is 0.138. The SMILES string of the molecule is CCOC(=O)c1c(NC(=O)CSc2cccc(NC(=O)c3c(OC)cccc3OC)c2)sc2c1CCC(C)C2. The molecule has 0 fully saturated rings. The highest BCUT2D eigenvalue weighted by Gasteiger charge is 2.29. The predicted octanol–water partition coefficient (Wildman–Crippen LogP) is 6.05. The number of carbonyl (C=O) groups excluding carboxylic acids is 3. The molecule has 0 saturated heterocycles. The molecule has 1 atom stereocenters. The Morgan fingerprint density at radius 3 is 2.44 bits per heavy atom. The molecule has 0 bridgehead atoms. The number of methoxy groups -OCH3 is 2. The first-order chi connectivity index (χ1) is 18.8. The van der Waals surface area contributed by atoms with Gasteiger partial charge in [0.1, 0.15) is 22.1 Å². The van der Waals surface area contributed by atoms with Gasteiger partial charge in [-0.2, -0.15) is 0 Å². The van der Waals surface area contributed by atoms with Gasteiger partial charge in [0.15, 0.2) is 0 Å². The maximum atomic E-state index is 13.0. The number of thioether (sulfide) groups is 1. The summed E-state index contributed by atoms with van der Waals surface area (Å²) in [7, 11) is 2.99. The van der Waals surface area contributed by atoms with Crippen molar-refractivity contribution in [2.45, 2.75) is 38.0 Å². The normalized spacial score (nSPS) is 14.2. The van der Waals surface area contributed by atoms with E-state index in [1.807, 2.05) is 12.1 Å². The summed E-state index contributed by atoms with van der Waals surface area (Å²) in [5, 5.41) is 6.38. The minimum Gasteiger partial charge on any atom is -0.496 e. The zero-order valence-corrected chi connectivity index (χ0v) is 24.1. The van der Waals surface area contributed by atoms with Crippen molar-refractivity contribution in [2.75, 3.05) is 37.2 Å². The number of benzene rings is 2. The van der Waals surface area contributed by atoms with Crippen LogP contribution in [-0.2, 0) is 22.4 Å². The van der Waals surface area contributed by atoms with Crippen LogP contribution in [0, 0.1) is 5.92 Å². The van der Waals surface area contributed by atoms with Crippen LogP contribution in [0.3, 0.4) is 0 Å². The Morgan fingerprint density at radius 1 is 1.03 bits per heavy atom. The number of ether oxygens (including phenoxy) is 3. The Hall–Kier alpha value is -3.50. The average molecular weight is 569 g/mol. The number of carbonyl (C=O) groups is 3. The molecule has 1 heterocycles. The molecule has 1 aliphatic rings. The second kappa shape index (κ2) is 13.0. The number of nitrogens with one attached hydrogen (secondary N) is 2. The van der Waals surface area contributed by atoms with Crippen LogP contribution in [-0.4, -0.2) is 44.4 Å². The molecule has 0 spiro atoms. The van der Waals surface area contributed by atoms with Crippen molar-refractivity contribution in [3.05, 3.63) is 64.0 Å². The van der Waals surface area contributed by atoms with Gasteiger partial charge in [-0.1, -0.05) is 19.1 Å². The summed E-state index contributed by atoms with van der Waals surface area (Å²) >= 11 is 2.81. The lowest BCUT2D eigenvalue weighted by molar-refractivity contribution is -0.113. The molecule has 10 heteroatoms. The lowest BCUT2D eigenvalue weighted by atomic mass is 9.88. The van der Waals surface area contributed by atoms with Gasteiger partial charge in [-0.25, -0.2) is 4.79 Å². The van der Waals surface area contributed by atoms with Crippen LogP contribution < -0.4 is 20.1 Å². The lowest BCUT2D eigenvalue weighted by Gasteiger charge is -2.18. The Bertz CT molecular complexity index is 1350. The third-order valence-corrected chi connectivity index (χ3v) is 8.52. The fourth-order valence-electron chi connectivity index (χ4n) is 4.50. The summed E-state index contributed by atoms with van der Waals surface area (Å²) in [5.74, 6) is 0.516. The molecular formula is C29H32N2O6S2. The molecule has 1 unspecified atom stereocenters. The Morgan fingerprint density at radius 2 is 1.74 bits per heavy atom. The number of rotatable bonds is 10. The van der Waals surface area contributed by atoms with Crippen LogP contribution >= 0.6 is 23.1 Å². The quantitative estimate of drug-likeness (QED) is 0.227. The Balaban J connectivity index is 1.43. The highest BCUT2D eigenvalue weighted by molar-refractivity contribution is 8.00. The zero-order chi connectivity index (χ0) is 27.9. The molecule has 2 N–H and O–H groups in total. The van der Waals surface area contributed by atoms with Crippen molar-refractivity contribution in [2.24, 2.45) is 5.92 Å². The van der Waals surface area contributed by atoms with Crippen molar-refractivity contribution in [1.82, 2.24) is 0 Å². The second-order valence-electron chi connectivity index (χ2n) is 9.13. The highest BCUT2D eigenvalue weighted by Crippen LogP contribution is 2.40. The van der Waals surface area contributed by atoms with Crippen LogP contribution in [0.5, 0.6) is 11.5 Å². The van der Waals surface area contributed by atoms with Gasteiger partial charge in [0.05, 0.1) is 32.1 Å². The van der Waals surface area contributed by atoms with E-state index in [1.54, 1.807) is 37.3 Å². The van der Waals surface area contributed by atoms with E-state index in [2.05, 4.69) is 17.6 Å². The van der Waals surface area contributed by atoms with Gasteiger partial charge in [-0.15, -0.1) is 23.1 Å². The van der Waals surface area contributed by atoms with Gasteiger partial charge in [-0.05, 0) is 68.0 Å². The molecular weight excluding hydrogens is 536 g/mol. The van der Waals surface area contributed by atoms with E-state index in [-0.39, 0.29) is 30.1 Å². The smallest absolute Gasteiger partial charge is 0.341 e. The molecule has 4 rings (SSSR count). The zero-order valence-electron chi connectivity index (χ0n) is 22.4. The van der Waals surface area contributed by atoms with Crippen molar-refractivity contribution < 1.29 is 28.6 Å². The molecule has 206 valence electrons. The van der Waals surface area contributed by atoms with Crippen molar-refractivity contribution in [1.29, 1.82) is 0 Å². The van der Waals surface area contributed by atoms with E-state index < -0.39 is 0 Å². The van der Waals surface area contributed by atoms with E-state index in [0.29, 0.717) is 39.2 Å². The van der Waals surface area contributed by atoms with E-state index in [1.165, 1.54) is 37.3 Å². The molecule has 3 aromatic rings. The maximum Gasteiger partial charge on any atom is 0.341 e. The first kappa shape index (κ1) is 28.5. The van der Waals surface area contributed by atoms with Crippen LogP contribution in [0.25, 0.3) is 0 Å². The number of anilines is 2. The van der Waals surface area contributed by atoms with Crippen molar-refractivity contribution in [3.63, 3.8) is 0 Å². The summed E-state index contributed by atoms with van der Waals surface area (Å²) in [6.07, 6.45) is 2.72. The topological polar surface area (TPSA) is 103 Å². The fraction of sp³-hybridized carbons (Fsp3) is 0.345. The first-order valence-electron chi connectivity index (χ1n) is 12.7. The summed E-state index contributed by atoms with van der Waals surface area (Å²) in [5.41, 5.74) is 2.38. The molecule has 0 radical (unpaired) electrons. The maximum absolute atomic E-state index is 13.0. The fourth-order valence-corrected chi connectivity index (χ4v) is 6.67. The molecule has 2 aromatic carbocycles. The van der Waals surface area contributed by atoms with Crippen LogP contribution in [0.4, 0.5) is 10.7 Å². The largest absolute Gasteiger partial charge is 0.496 e. The van der Waals surface area contributed by atoms with Crippen molar-refractivity contribution >= 4 is 51.6 Å².